The number of hydrogen-bond acceptors (Lipinski definition) is 1. The van der Waals surface area contributed by atoms with E-state index in [1.54, 1.807) is 5.56 Å². The Bertz CT molecular complexity index is 469. The first-order valence-electron chi connectivity index (χ1n) is 8.60. The second kappa shape index (κ2) is 6.52. The molecule has 0 heterocycles. The third-order valence-corrected chi connectivity index (χ3v) is 5.39. The highest BCUT2D eigenvalue weighted by atomic mass is 14.9. The monoisotopic (exact) mass is 287 g/mol. The van der Waals surface area contributed by atoms with E-state index in [1.807, 2.05) is 0 Å². The maximum atomic E-state index is 3.65. The molecule has 118 valence electrons. The molecule has 0 radical (unpaired) electrons. The quantitative estimate of drug-likeness (QED) is 0.742. The summed E-state index contributed by atoms with van der Waals surface area (Å²) >= 11 is 0. The fourth-order valence-corrected chi connectivity index (χ4v) is 3.16. The summed E-state index contributed by atoms with van der Waals surface area (Å²) in [7, 11) is 0. The van der Waals surface area contributed by atoms with Crippen LogP contribution in [0, 0.1) is 33.1 Å². The van der Waals surface area contributed by atoms with Crippen LogP contribution in [0.3, 0.4) is 0 Å². The molecule has 1 aliphatic rings. The van der Waals surface area contributed by atoms with Gasteiger partial charge in [0.15, 0.2) is 0 Å². The van der Waals surface area contributed by atoms with E-state index in [9.17, 15) is 0 Å². The molecule has 1 aromatic carbocycles. The summed E-state index contributed by atoms with van der Waals surface area (Å²) in [6, 6.07) is 3.17. The minimum atomic E-state index is 0.429. The van der Waals surface area contributed by atoms with Crippen LogP contribution < -0.4 is 5.32 Å². The summed E-state index contributed by atoms with van der Waals surface area (Å²) in [5.41, 5.74) is 7.92. The maximum absolute atomic E-state index is 3.65. The van der Waals surface area contributed by atoms with Crippen LogP contribution in [-0.4, -0.2) is 12.6 Å². The lowest BCUT2D eigenvalue weighted by Crippen LogP contribution is -2.24. The van der Waals surface area contributed by atoms with E-state index >= 15 is 0 Å². The Morgan fingerprint density at radius 2 is 1.57 bits per heavy atom. The number of hydrogen-bond donors (Lipinski definition) is 1. The Balaban J connectivity index is 1.94. The third-order valence-electron chi connectivity index (χ3n) is 5.39. The summed E-state index contributed by atoms with van der Waals surface area (Å²) < 4.78 is 0. The van der Waals surface area contributed by atoms with Gasteiger partial charge in [0.25, 0.3) is 0 Å². The fraction of sp³-hybridized carbons (Fsp3) is 0.700. The highest BCUT2D eigenvalue weighted by Gasteiger charge is 2.23. The molecule has 1 aromatic rings. The van der Waals surface area contributed by atoms with E-state index in [2.05, 4.69) is 52.9 Å². The first kappa shape index (κ1) is 16.5. The molecular weight excluding hydrogens is 254 g/mol. The molecule has 1 fully saturated rings. The lowest BCUT2D eigenvalue weighted by Gasteiger charge is -2.26. The second-order valence-corrected chi connectivity index (χ2v) is 7.88. The van der Waals surface area contributed by atoms with Gasteiger partial charge < -0.3 is 5.32 Å². The van der Waals surface area contributed by atoms with E-state index in [0.29, 0.717) is 5.41 Å². The molecule has 0 aromatic heterocycles. The SMILES string of the molecule is Cc1cc(C)c(C)c(CCC(C)(C)CCNC2CC2)c1C. The summed E-state index contributed by atoms with van der Waals surface area (Å²) in [4.78, 5) is 0. The molecule has 1 saturated carbocycles. The molecule has 1 aliphatic carbocycles. The van der Waals surface area contributed by atoms with Crippen LogP contribution in [-0.2, 0) is 6.42 Å². The van der Waals surface area contributed by atoms with Crippen molar-refractivity contribution in [3.63, 3.8) is 0 Å². The lowest BCUT2D eigenvalue weighted by molar-refractivity contribution is 0.301. The Labute approximate surface area is 131 Å². The standard InChI is InChI=1S/C20H33N/c1-14-13-15(2)17(4)19(16(14)3)9-10-20(5,6)11-12-21-18-7-8-18/h13,18,21H,7-12H2,1-6H3. The fourth-order valence-electron chi connectivity index (χ4n) is 3.16. The van der Waals surface area contributed by atoms with Gasteiger partial charge in [0.05, 0.1) is 0 Å². The summed E-state index contributed by atoms with van der Waals surface area (Å²) in [6.07, 6.45) is 6.57. The van der Waals surface area contributed by atoms with Crippen LogP contribution in [0.1, 0.15) is 67.3 Å². The number of rotatable bonds is 7. The molecule has 0 amide bonds. The van der Waals surface area contributed by atoms with Crippen LogP contribution in [0.2, 0.25) is 0 Å². The van der Waals surface area contributed by atoms with Gasteiger partial charge in [-0.2, -0.15) is 0 Å². The van der Waals surface area contributed by atoms with Crippen molar-refractivity contribution in [1.29, 1.82) is 0 Å². The average Bonchev–Trinajstić information content (AvgIpc) is 3.20. The van der Waals surface area contributed by atoms with Crippen molar-refractivity contribution in [1.82, 2.24) is 5.32 Å². The van der Waals surface area contributed by atoms with Crippen molar-refractivity contribution in [2.75, 3.05) is 6.54 Å². The van der Waals surface area contributed by atoms with E-state index in [-0.39, 0.29) is 0 Å². The van der Waals surface area contributed by atoms with Crippen LogP contribution in [0.4, 0.5) is 0 Å². The molecular formula is C20H33N. The molecule has 0 unspecified atom stereocenters. The van der Waals surface area contributed by atoms with Gasteiger partial charge in [-0.25, -0.2) is 0 Å². The van der Waals surface area contributed by atoms with Gasteiger partial charge in [0.1, 0.15) is 0 Å². The topological polar surface area (TPSA) is 12.0 Å². The highest BCUT2D eigenvalue weighted by Crippen LogP contribution is 2.30. The molecule has 1 heteroatoms. The Morgan fingerprint density at radius 1 is 1.00 bits per heavy atom. The predicted molar refractivity (Wildman–Crippen MR) is 93.1 cm³/mol. The van der Waals surface area contributed by atoms with E-state index in [1.165, 1.54) is 60.9 Å². The lowest BCUT2D eigenvalue weighted by atomic mass is 9.81. The van der Waals surface area contributed by atoms with Crippen molar-refractivity contribution < 1.29 is 0 Å². The number of benzene rings is 1. The molecule has 0 saturated heterocycles. The Hall–Kier alpha value is -0.820. The summed E-state index contributed by atoms with van der Waals surface area (Å²) in [5, 5.41) is 3.65. The van der Waals surface area contributed by atoms with E-state index in [0.717, 1.165) is 6.04 Å². The van der Waals surface area contributed by atoms with Crippen molar-refractivity contribution in [3.8, 4) is 0 Å². The van der Waals surface area contributed by atoms with Gasteiger partial charge in [-0.1, -0.05) is 19.9 Å². The minimum absolute atomic E-state index is 0.429. The molecule has 0 bridgehead atoms. The summed E-state index contributed by atoms with van der Waals surface area (Å²) in [6.45, 7) is 15.1. The van der Waals surface area contributed by atoms with Gasteiger partial charge in [-0.3, -0.25) is 0 Å². The molecule has 2 rings (SSSR count). The molecule has 0 atom stereocenters. The zero-order valence-electron chi connectivity index (χ0n) is 14.9. The van der Waals surface area contributed by atoms with Crippen molar-refractivity contribution in [3.05, 3.63) is 33.9 Å². The van der Waals surface area contributed by atoms with Crippen LogP contribution in [0.15, 0.2) is 6.07 Å². The minimum Gasteiger partial charge on any atom is -0.314 e. The predicted octanol–water partition coefficient (Wildman–Crippen LogP) is 5.02. The largest absolute Gasteiger partial charge is 0.314 e. The normalized spacial score (nSPS) is 15.5. The zero-order valence-corrected chi connectivity index (χ0v) is 14.9. The smallest absolute Gasteiger partial charge is 0.00682 e. The number of aryl methyl sites for hydroxylation is 2. The van der Waals surface area contributed by atoms with Gasteiger partial charge >= 0.3 is 0 Å². The first-order chi connectivity index (χ1) is 9.80. The maximum Gasteiger partial charge on any atom is 0.00682 e. The van der Waals surface area contributed by atoms with Crippen molar-refractivity contribution >= 4 is 0 Å². The molecule has 1 N–H and O–H groups in total. The third kappa shape index (κ3) is 4.57. The van der Waals surface area contributed by atoms with Crippen LogP contribution in [0.5, 0.6) is 0 Å². The summed E-state index contributed by atoms with van der Waals surface area (Å²) in [5.74, 6) is 0. The van der Waals surface area contributed by atoms with Gasteiger partial charge in [-0.05, 0) is 99.6 Å². The Kier molecular flexibility index (Phi) is 5.14. The molecule has 1 nitrogen and oxygen atoms in total. The van der Waals surface area contributed by atoms with Crippen LogP contribution in [0.25, 0.3) is 0 Å². The molecule has 21 heavy (non-hydrogen) atoms. The number of nitrogens with one attached hydrogen (secondary N) is 1. The van der Waals surface area contributed by atoms with Gasteiger partial charge in [0.2, 0.25) is 0 Å². The van der Waals surface area contributed by atoms with Crippen LogP contribution >= 0.6 is 0 Å². The van der Waals surface area contributed by atoms with Gasteiger partial charge in [0, 0.05) is 6.04 Å². The first-order valence-corrected chi connectivity index (χ1v) is 8.60. The molecule has 0 spiro atoms. The Morgan fingerprint density at radius 3 is 2.10 bits per heavy atom. The molecule has 0 aliphatic heterocycles. The van der Waals surface area contributed by atoms with E-state index in [4.69, 9.17) is 0 Å². The second-order valence-electron chi connectivity index (χ2n) is 7.88. The highest BCUT2D eigenvalue weighted by molar-refractivity contribution is 5.44. The van der Waals surface area contributed by atoms with Crippen molar-refractivity contribution in [2.45, 2.75) is 79.7 Å². The van der Waals surface area contributed by atoms with Crippen molar-refractivity contribution in [2.24, 2.45) is 5.41 Å². The van der Waals surface area contributed by atoms with Gasteiger partial charge in [-0.15, -0.1) is 0 Å². The zero-order chi connectivity index (χ0) is 15.6. The average molecular weight is 287 g/mol. The van der Waals surface area contributed by atoms with E-state index < -0.39 is 0 Å².